The van der Waals surface area contributed by atoms with Gasteiger partial charge in [0.1, 0.15) is 5.69 Å². The molecule has 7 nitrogen and oxygen atoms in total. The number of nitrogens with zero attached hydrogens (tertiary/aromatic N) is 4. The summed E-state index contributed by atoms with van der Waals surface area (Å²) in [5.41, 5.74) is 1.33. The molecule has 0 spiro atoms. The van der Waals surface area contributed by atoms with Crippen molar-refractivity contribution in [2.24, 2.45) is 0 Å². The molecule has 150 valence electrons. The van der Waals surface area contributed by atoms with Crippen LogP contribution in [0, 0.1) is 0 Å². The van der Waals surface area contributed by atoms with Gasteiger partial charge in [-0.25, -0.2) is 9.78 Å². The molecule has 0 aliphatic carbocycles. The Labute approximate surface area is 162 Å². The van der Waals surface area contributed by atoms with Crippen molar-refractivity contribution < 1.29 is 14.8 Å². The summed E-state index contributed by atoms with van der Waals surface area (Å²) >= 11 is 0. The zero-order chi connectivity index (χ0) is 18.9. The SMILES string of the molecule is COC(=O)c1cccc(CN2CCCN3CC[NH2+]CCCN(CC3)CC2)n1. The molecule has 2 bridgehead atoms. The number of ether oxygens (including phenoxy) is 1. The maximum atomic E-state index is 11.7. The summed E-state index contributed by atoms with van der Waals surface area (Å²) in [5.74, 6) is -0.370. The average molecular weight is 377 g/mol. The van der Waals surface area contributed by atoms with Crippen LogP contribution in [0.1, 0.15) is 29.0 Å². The Hall–Kier alpha value is -1.54. The molecule has 2 aliphatic heterocycles. The van der Waals surface area contributed by atoms with Gasteiger partial charge < -0.3 is 15.0 Å². The second-order valence-corrected chi connectivity index (χ2v) is 7.54. The molecule has 0 amide bonds. The molecule has 2 unspecified atom stereocenters. The monoisotopic (exact) mass is 376 g/mol. The van der Waals surface area contributed by atoms with Gasteiger partial charge in [0.05, 0.1) is 25.9 Å². The van der Waals surface area contributed by atoms with E-state index in [1.807, 2.05) is 12.1 Å². The van der Waals surface area contributed by atoms with Gasteiger partial charge in [-0.05, 0) is 31.6 Å². The number of carbonyl (C=O) groups excluding carboxylic acids is 1. The minimum atomic E-state index is -0.370. The molecule has 7 heteroatoms. The maximum absolute atomic E-state index is 11.7. The highest BCUT2D eigenvalue weighted by molar-refractivity contribution is 5.87. The van der Waals surface area contributed by atoms with E-state index in [0.717, 1.165) is 38.4 Å². The van der Waals surface area contributed by atoms with Gasteiger partial charge in [-0.15, -0.1) is 0 Å². The third-order valence-corrected chi connectivity index (χ3v) is 5.53. The fourth-order valence-electron chi connectivity index (χ4n) is 3.92. The molecule has 1 aromatic rings. The first-order valence-electron chi connectivity index (χ1n) is 10.3. The molecule has 3 heterocycles. The van der Waals surface area contributed by atoms with Crippen molar-refractivity contribution in [2.75, 3.05) is 72.6 Å². The van der Waals surface area contributed by atoms with Crippen molar-refractivity contribution in [1.82, 2.24) is 19.7 Å². The first kappa shape index (κ1) is 20.2. The number of esters is 1. The Bertz CT molecular complexity index is 597. The summed E-state index contributed by atoms with van der Waals surface area (Å²) in [6, 6.07) is 5.61. The van der Waals surface area contributed by atoms with E-state index in [4.69, 9.17) is 4.74 Å². The summed E-state index contributed by atoms with van der Waals surface area (Å²) in [6.45, 7) is 12.4. The molecule has 0 aromatic carbocycles. The highest BCUT2D eigenvalue weighted by atomic mass is 16.5. The van der Waals surface area contributed by atoms with Crippen LogP contribution in [0.5, 0.6) is 0 Å². The maximum Gasteiger partial charge on any atom is 0.356 e. The van der Waals surface area contributed by atoms with E-state index in [1.165, 1.54) is 59.2 Å². The van der Waals surface area contributed by atoms with Gasteiger partial charge in [0.15, 0.2) is 0 Å². The Balaban J connectivity index is 1.64. The van der Waals surface area contributed by atoms with E-state index < -0.39 is 0 Å². The molecule has 0 saturated carbocycles. The van der Waals surface area contributed by atoms with Crippen molar-refractivity contribution in [3.8, 4) is 0 Å². The van der Waals surface area contributed by atoms with Crippen LogP contribution in [-0.4, -0.2) is 98.2 Å². The highest BCUT2D eigenvalue weighted by Crippen LogP contribution is 2.08. The number of quaternary nitrogens is 1. The van der Waals surface area contributed by atoms with Crippen LogP contribution in [0.25, 0.3) is 0 Å². The van der Waals surface area contributed by atoms with Crippen molar-refractivity contribution in [2.45, 2.75) is 19.4 Å². The van der Waals surface area contributed by atoms with Gasteiger partial charge in [-0.3, -0.25) is 9.80 Å². The van der Waals surface area contributed by atoms with Crippen molar-refractivity contribution in [3.05, 3.63) is 29.6 Å². The fourth-order valence-corrected chi connectivity index (χ4v) is 3.92. The number of aromatic nitrogens is 1. The molecule has 2 N–H and O–H groups in total. The van der Waals surface area contributed by atoms with Gasteiger partial charge in [-0.1, -0.05) is 6.07 Å². The van der Waals surface area contributed by atoms with Gasteiger partial charge in [0.2, 0.25) is 0 Å². The smallest absolute Gasteiger partial charge is 0.356 e. The third kappa shape index (κ3) is 6.53. The van der Waals surface area contributed by atoms with Gasteiger partial charge in [-0.2, -0.15) is 0 Å². The number of nitrogens with two attached hydrogens (primary N) is 1. The molecular formula is C20H34N5O2+. The Morgan fingerprint density at radius 2 is 1.78 bits per heavy atom. The standard InChI is InChI=1S/C20H33N5O2/c1-27-20(26)19-6-2-5-18(22-19)17-25-11-4-10-23-12-8-21-7-3-9-24(14-13-23)15-16-25/h2,5-6,21H,3-4,7-17H2,1H3/p+1. The molecule has 2 aliphatic rings. The summed E-state index contributed by atoms with van der Waals surface area (Å²) < 4.78 is 4.80. The average Bonchev–Trinajstić information content (AvgIpc) is 2.70. The fraction of sp³-hybridized carbons (Fsp3) is 0.700. The molecule has 27 heavy (non-hydrogen) atoms. The minimum absolute atomic E-state index is 0.370. The first-order valence-corrected chi connectivity index (χ1v) is 10.3. The lowest BCUT2D eigenvalue weighted by Gasteiger charge is -2.33. The molecule has 3 rings (SSSR count). The third-order valence-electron chi connectivity index (χ3n) is 5.53. The lowest BCUT2D eigenvalue weighted by molar-refractivity contribution is -0.654. The van der Waals surface area contributed by atoms with E-state index in [2.05, 4.69) is 25.0 Å². The van der Waals surface area contributed by atoms with Crippen LogP contribution in [-0.2, 0) is 11.3 Å². The predicted octanol–water partition coefficient (Wildman–Crippen LogP) is -0.355. The zero-order valence-corrected chi connectivity index (χ0v) is 16.6. The van der Waals surface area contributed by atoms with E-state index in [9.17, 15) is 4.79 Å². The van der Waals surface area contributed by atoms with Crippen molar-refractivity contribution >= 4 is 5.97 Å². The zero-order valence-electron chi connectivity index (χ0n) is 16.6. The van der Waals surface area contributed by atoms with E-state index in [-0.39, 0.29) is 5.97 Å². The van der Waals surface area contributed by atoms with Crippen LogP contribution in [0.4, 0.5) is 0 Å². The number of carbonyl (C=O) groups is 1. The number of hydrogen-bond acceptors (Lipinski definition) is 6. The lowest BCUT2D eigenvalue weighted by atomic mass is 10.2. The topological polar surface area (TPSA) is 65.5 Å². The quantitative estimate of drug-likeness (QED) is 0.728. The van der Waals surface area contributed by atoms with Crippen LogP contribution in [0.3, 0.4) is 0 Å². The van der Waals surface area contributed by atoms with Crippen molar-refractivity contribution in [1.29, 1.82) is 0 Å². The van der Waals surface area contributed by atoms with Gasteiger partial charge >= 0.3 is 5.97 Å². The summed E-state index contributed by atoms with van der Waals surface area (Å²) in [5, 5.41) is 2.47. The van der Waals surface area contributed by atoms with Crippen LogP contribution >= 0.6 is 0 Å². The first-order chi connectivity index (χ1) is 13.2. The van der Waals surface area contributed by atoms with E-state index >= 15 is 0 Å². The van der Waals surface area contributed by atoms with Crippen LogP contribution in [0.2, 0.25) is 0 Å². The number of fused-ring (bicyclic) bond motifs is 3. The number of hydrogen-bond donors (Lipinski definition) is 1. The molecule has 2 saturated heterocycles. The predicted molar refractivity (Wildman–Crippen MR) is 105 cm³/mol. The Kier molecular flexibility index (Phi) is 8.01. The van der Waals surface area contributed by atoms with Gasteiger partial charge in [0, 0.05) is 52.2 Å². The molecule has 1 aromatic heterocycles. The highest BCUT2D eigenvalue weighted by Gasteiger charge is 2.17. The second-order valence-electron chi connectivity index (χ2n) is 7.54. The normalized spacial score (nSPS) is 25.7. The Morgan fingerprint density at radius 3 is 2.63 bits per heavy atom. The minimum Gasteiger partial charge on any atom is -0.464 e. The van der Waals surface area contributed by atoms with Crippen LogP contribution < -0.4 is 5.32 Å². The molecule has 2 fully saturated rings. The molecular weight excluding hydrogens is 342 g/mol. The largest absolute Gasteiger partial charge is 0.464 e. The van der Waals surface area contributed by atoms with Crippen LogP contribution in [0.15, 0.2) is 18.2 Å². The summed E-state index contributed by atoms with van der Waals surface area (Å²) in [7, 11) is 1.40. The summed E-state index contributed by atoms with van der Waals surface area (Å²) in [4.78, 5) is 24.0. The molecule has 0 radical (unpaired) electrons. The number of rotatable bonds is 3. The van der Waals surface area contributed by atoms with E-state index in [0.29, 0.717) is 5.69 Å². The van der Waals surface area contributed by atoms with Gasteiger partial charge in [0.25, 0.3) is 0 Å². The van der Waals surface area contributed by atoms with E-state index in [1.54, 1.807) is 6.07 Å². The number of pyridine rings is 1. The van der Waals surface area contributed by atoms with Crippen molar-refractivity contribution in [3.63, 3.8) is 0 Å². The number of methoxy groups -OCH3 is 1. The Morgan fingerprint density at radius 1 is 1.00 bits per heavy atom. The lowest BCUT2D eigenvalue weighted by Crippen LogP contribution is -2.86. The second kappa shape index (κ2) is 10.7. The summed E-state index contributed by atoms with van der Waals surface area (Å²) in [6.07, 6.45) is 2.44. The molecule has 2 atom stereocenters.